The molecule has 0 spiro atoms. The van der Waals surface area contributed by atoms with E-state index in [-0.39, 0.29) is 18.3 Å². The number of nitrogens with zero attached hydrogens (tertiary/aromatic N) is 3. The fraction of sp³-hybridized carbons (Fsp3) is 0.273. The highest BCUT2D eigenvalue weighted by Gasteiger charge is 2.60. The molecule has 1 aromatic carbocycles. The standard InChI is InChI=1S/C22H20F2N4O2/c1-13-19(11-25-14(2)27-13)30-12-22(15-4-3-5-16(23)8-15)9-18(22)21(29)28-17-6-7-20(24)26-10-17/h3-8,10-11,18H,9,12H2,1-2H3,(H,28,29)/t18-,22+/m0/s1. The van der Waals surface area contributed by atoms with E-state index in [1.165, 1.54) is 30.5 Å². The minimum atomic E-state index is -0.684. The Morgan fingerprint density at radius 1 is 1.20 bits per heavy atom. The summed E-state index contributed by atoms with van der Waals surface area (Å²) in [6.45, 7) is 3.78. The van der Waals surface area contributed by atoms with Crippen LogP contribution in [0.15, 0.2) is 48.8 Å². The van der Waals surface area contributed by atoms with Gasteiger partial charge in [-0.1, -0.05) is 12.1 Å². The average Bonchev–Trinajstić information content (AvgIpc) is 3.45. The predicted molar refractivity (Wildman–Crippen MR) is 106 cm³/mol. The number of carbonyl (C=O) groups is 1. The van der Waals surface area contributed by atoms with Gasteiger partial charge >= 0.3 is 0 Å². The third kappa shape index (κ3) is 3.98. The molecule has 1 fully saturated rings. The number of rotatable bonds is 6. The molecule has 1 N–H and O–H groups in total. The van der Waals surface area contributed by atoms with Crippen LogP contribution in [0.1, 0.15) is 23.5 Å². The summed E-state index contributed by atoms with van der Waals surface area (Å²) in [6, 6.07) is 8.80. The lowest BCUT2D eigenvalue weighted by Gasteiger charge is -2.20. The summed E-state index contributed by atoms with van der Waals surface area (Å²) in [5, 5.41) is 2.75. The molecule has 1 saturated carbocycles. The topological polar surface area (TPSA) is 77.0 Å². The highest BCUT2D eigenvalue weighted by atomic mass is 19.1. The molecule has 0 bridgehead atoms. The lowest BCUT2D eigenvalue weighted by Crippen LogP contribution is -2.27. The number of ether oxygens (including phenoxy) is 1. The van der Waals surface area contributed by atoms with Crippen molar-refractivity contribution >= 4 is 11.6 Å². The largest absolute Gasteiger partial charge is 0.489 e. The van der Waals surface area contributed by atoms with Gasteiger partial charge in [-0.15, -0.1) is 0 Å². The Morgan fingerprint density at radius 3 is 2.73 bits per heavy atom. The van der Waals surface area contributed by atoms with Crippen LogP contribution in [0.4, 0.5) is 14.5 Å². The number of hydrogen-bond acceptors (Lipinski definition) is 5. The minimum Gasteiger partial charge on any atom is -0.489 e. The number of amides is 1. The van der Waals surface area contributed by atoms with Gasteiger partial charge in [0.1, 0.15) is 11.6 Å². The zero-order chi connectivity index (χ0) is 21.3. The molecule has 0 aliphatic heterocycles. The maximum Gasteiger partial charge on any atom is 0.228 e. The SMILES string of the molecule is Cc1ncc(OC[C@@]2(c3cccc(F)c3)C[C@H]2C(=O)Nc2ccc(F)nc2)c(C)n1. The average molecular weight is 410 g/mol. The predicted octanol–water partition coefficient (Wildman–Crippen LogP) is 3.74. The Hall–Kier alpha value is -3.42. The molecule has 1 aliphatic carbocycles. The molecule has 30 heavy (non-hydrogen) atoms. The molecule has 2 atom stereocenters. The fourth-order valence-corrected chi connectivity index (χ4v) is 3.61. The minimum absolute atomic E-state index is 0.170. The van der Waals surface area contributed by atoms with Crippen LogP contribution in [0.3, 0.4) is 0 Å². The van der Waals surface area contributed by atoms with Gasteiger partial charge in [-0.2, -0.15) is 4.39 Å². The van der Waals surface area contributed by atoms with Gasteiger partial charge < -0.3 is 10.1 Å². The van der Waals surface area contributed by atoms with Crippen molar-refractivity contribution in [2.75, 3.05) is 11.9 Å². The second-order valence-corrected chi connectivity index (χ2v) is 7.44. The van der Waals surface area contributed by atoms with Crippen molar-refractivity contribution in [1.29, 1.82) is 0 Å². The molecule has 6 nitrogen and oxygen atoms in total. The summed E-state index contributed by atoms with van der Waals surface area (Å²) in [7, 11) is 0. The first kappa shape index (κ1) is 19.9. The van der Waals surface area contributed by atoms with Crippen molar-refractivity contribution in [3.63, 3.8) is 0 Å². The molecule has 2 heterocycles. The Kier molecular flexibility index (Phi) is 5.15. The van der Waals surface area contributed by atoms with E-state index in [9.17, 15) is 13.6 Å². The van der Waals surface area contributed by atoms with Crippen LogP contribution >= 0.6 is 0 Å². The van der Waals surface area contributed by atoms with Gasteiger partial charge in [0.15, 0.2) is 5.75 Å². The summed E-state index contributed by atoms with van der Waals surface area (Å²) >= 11 is 0. The number of anilines is 1. The molecule has 0 unspecified atom stereocenters. The fourth-order valence-electron chi connectivity index (χ4n) is 3.61. The molecule has 0 radical (unpaired) electrons. The van der Waals surface area contributed by atoms with Gasteiger partial charge in [-0.05, 0) is 50.1 Å². The quantitative estimate of drug-likeness (QED) is 0.627. The number of nitrogens with one attached hydrogen (secondary N) is 1. The first-order valence-electron chi connectivity index (χ1n) is 9.49. The summed E-state index contributed by atoms with van der Waals surface area (Å²) in [5.41, 5.74) is 1.09. The first-order chi connectivity index (χ1) is 14.4. The molecule has 3 aromatic rings. The number of carbonyl (C=O) groups excluding carboxylic acids is 1. The summed E-state index contributed by atoms with van der Waals surface area (Å²) in [5.74, 6) is -0.543. The number of hydrogen-bond donors (Lipinski definition) is 1. The lowest BCUT2D eigenvalue weighted by atomic mass is 9.93. The highest BCUT2D eigenvalue weighted by molar-refractivity contribution is 5.96. The van der Waals surface area contributed by atoms with Crippen LogP contribution in [0, 0.1) is 31.5 Å². The molecule has 4 rings (SSSR count). The second-order valence-electron chi connectivity index (χ2n) is 7.44. The van der Waals surface area contributed by atoms with E-state index in [4.69, 9.17) is 4.74 Å². The molecule has 1 amide bonds. The molecule has 2 aromatic heterocycles. The van der Waals surface area contributed by atoms with Gasteiger partial charge in [-0.3, -0.25) is 4.79 Å². The van der Waals surface area contributed by atoms with E-state index >= 15 is 0 Å². The zero-order valence-electron chi connectivity index (χ0n) is 16.5. The zero-order valence-corrected chi connectivity index (χ0v) is 16.5. The third-order valence-electron chi connectivity index (χ3n) is 5.33. The Bertz CT molecular complexity index is 1090. The number of benzene rings is 1. The smallest absolute Gasteiger partial charge is 0.228 e. The van der Waals surface area contributed by atoms with Crippen molar-refractivity contribution in [3.05, 3.63) is 77.6 Å². The number of aromatic nitrogens is 3. The Balaban J connectivity index is 1.56. The van der Waals surface area contributed by atoms with Gasteiger partial charge in [0.25, 0.3) is 0 Å². The van der Waals surface area contributed by atoms with Gasteiger partial charge in [0, 0.05) is 5.41 Å². The van der Waals surface area contributed by atoms with Crippen LogP contribution in [0.5, 0.6) is 5.75 Å². The third-order valence-corrected chi connectivity index (χ3v) is 5.33. The van der Waals surface area contributed by atoms with Crippen molar-refractivity contribution in [1.82, 2.24) is 15.0 Å². The normalized spacial score (nSPS) is 19.9. The summed E-state index contributed by atoms with van der Waals surface area (Å²) in [6.07, 6.45) is 3.34. The van der Waals surface area contributed by atoms with E-state index < -0.39 is 17.3 Å². The van der Waals surface area contributed by atoms with Crippen LogP contribution in [-0.4, -0.2) is 27.5 Å². The number of pyridine rings is 1. The van der Waals surface area contributed by atoms with E-state index in [2.05, 4.69) is 20.3 Å². The van der Waals surface area contributed by atoms with E-state index in [1.807, 2.05) is 6.92 Å². The highest BCUT2D eigenvalue weighted by Crippen LogP contribution is 2.55. The maximum atomic E-state index is 13.9. The van der Waals surface area contributed by atoms with Crippen LogP contribution in [0.25, 0.3) is 0 Å². The van der Waals surface area contributed by atoms with Crippen LogP contribution in [0.2, 0.25) is 0 Å². The van der Waals surface area contributed by atoms with Crippen molar-refractivity contribution < 1.29 is 18.3 Å². The molecule has 154 valence electrons. The van der Waals surface area contributed by atoms with Gasteiger partial charge in [0.2, 0.25) is 11.9 Å². The molecule has 8 heteroatoms. The monoisotopic (exact) mass is 410 g/mol. The molecular formula is C22H20F2N4O2. The summed E-state index contributed by atoms with van der Waals surface area (Å²) in [4.78, 5) is 24.8. The lowest BCUT2D eigenvalue weighted by molar-refractivity contribution is -0.117. The van der Waals surface area contributed by atoms with Crippen molar-refractivity contribution in [3.8, 4) is 5.75 Å². The van der Waals surface area contributed by atoms with E-state index in [0.717, 1.165) is 0 Å². The molecule has 1 aliphatic rings. The summed E-state index contributed by atoms with van der Waals surface area (Å²) < 4.78 is 32.9. The number of aryl methyl sites for hydroxylation is 2. The van der Waals surface area contributed by atoms with Crippen molar-refractivity contribution in [2.24, 2.45) is 5.92 Å². The first-order valence-corrected chi connectivity index (χ1v) is 9.49. The van der Waals surface area contributed by atoms with E-state index in [0.29, 0.717) is 34.9 Å². The molecule has 0 saturated heterocycles. The van der Waals surface area contributed by atoms with Crippen molar-refractivity contribution in [2.45, 2.75) is 25.7 Å². The van der Waals surface area contributed by atoms with E-state index in [1.54, 1.807) is 25.3 Å². The second kappa shape index (κ2) is 7.78. The van der Waals surface area contributed by atoms with Gasteiger partial charge in [-0.25, -0.2) is 19.3 Å². The maximum absolute atomic E-state index is 13.9. The Morgan fingerprint density at radius 2 is 2.03 bits per heavy atom. The van der Waals surface area contributed by atoms with Gasteiger partial charge in [0.05, 0.1) is 36.3 Å². The number of halogens is 2. The van der Waals surface area contributed by atoms with Crippen LogP contribution in [-0.2, 0) is 10.2 Å². The van der Waals surface area contributed by atoms with Crippen LogP contribution < -0.4 is 10.1 Å². The molecular weight excluding hydrogens is 390 g/mol. The Labute approximate surface area is 172 Å².